The van der Waals surface area contributed by atoms with E-state index in [2.05, 4.69) is 0 Å². The maximum atomic E-state index is 11.3. The summed E-state index contributed by atoms with van der Waals surface area (Å²) < 4.78 is 0. The largest absolute Gasteiger partial charge is 0.478 e. The van der Waals surface area contributed by atoms with Crippen LogP contribution in [0, 0.1) is 0 Å². The van der Waals surface area contributed by atoms with E-state index in [1.807, 2.05) is 6.07 Å². The molecule has 0 aliphatic rings. The summed E-state index contributed by atoms with van der Waals surface area (Å²) in [6.45, 7) is 0. The van der Waals surface area contributed by atoms with Gasteiger partial charge in [0.05, 0.1) is 11.1 Å². The van der Waals surface area contributed by atoms with E-state index >= 15 is 0 Å². The quantitative estimate of drug-likeness (QED) is 0.855. The molecule has 0 unspecified atom stereocenters. The van der Waals surface area contributed by atoms with Crippen molar-refractivity contribution in [1.29, 1.82) is 0 Å². The molecule has 92 valence electrons. The van der Waals surface area contributed by atoms with Gasteiger partial charge in [-0.1, -0.05) is 42.5 Å². The van der Waals surface area contributed by atoms with Gasteiger partial charge in [-0.25, -0.2) is 9.59 Å². The molecule has 0 saturated heterocycles. The van der Waals surface area contributed by atoms with Crippen LogP contribution >= 0.6 is 0 Å². The number of carbonyl (C=O) groups is 2. The van der Waals surface area contributed by atoms with Gasteiger partial charge in [0.15, 0.2) is 0 Å². The zero-order chi connectivity index (χ0) is 13.1. The van der Waals surface area contributed by atoms with Gasteiger partial charge in [0, 0.05) is 19.5 Å². The number of carboxylic acid groups (broad SMARTS) is 2. The first-order chi connectivity index (χ1) is 8.61. The Labute approximate surface area is 122 Å². The van der Waals surface area contributed by atoms with Gasteiger partial charge in [0.25, 0.3) is 0 Å². The van der Waals surface area contributed by atoms with Gasteiger partial charge in [0.1, 0.15) is 0 Å². The van der Waals surface area contributed by atoms with E-state index in [0.717, 1.165) is 0 Å². The van der Waals surface area contributed by atoms with Crippen LogP contribution in [0.1, 0.15) is 20.7 Å². The molecule has 5 heteroatoms. The zero-order valence-electron chi connectivity index (χ0n) is 10.0. The van der Waals surface area contributed by atoms with Crippen molar-refractivity contribution in [2.75, 3.05) is 0 Å². The molecular formula is C14H10O4Zn. The van der Waals surface area contributed by atoms with E-state index in [9.17, 15) is 14.7 Å². The average Bonchev–Trinajstić information content (AvgIpc) is 2.38. The van der Waals surface area contributed by atoms with Crippen LogP contribution in [0.15, 0.2) is 48.5 Å². The molecular weight excluding hydrogens is 298 g/mol. The van der Waals surface area contributed by atoms with Gasteiger partial charge in [0.2, 0.25) is 0 Å². The summed E-state index contributed by atoms with van der Waals surface area (Å²) in [5.41, 5.74) is 0.695. The molecule has 0 fully saturated rings. The van der Waals surface area contributed by atoms with Crippen LogP contribution in [0.3, 0.4) is 0 Å². The summed E-state index contributed by atoms with van der Waals surface area (Å²) in [4.78, 5) is 22.3. The molecule has 0 spiro atoms. The Morgan fingerprint density at radius 1 is 0.789 bits per heavy atom. The Morgan fingerprint density at radius 2 is 1.42 bits per heavy atom. The van der Waals surface area contributed by atoms with Gasteiger partial charge in [-0.3, -0.25) is 0 Å². The van der Waals surface area contributed by atoms with Crippen molar-refractivity contribution in [3.63, 3.8) is 0 Å². The Bertz CT molecular complexity index is 608. The Morgan fingerprint density at radius 3 is 1.95 bits per heavy atom. The first kappa shape index (κ1) is 15.1. The van der Waals surface area contributed by atoms with Gasteiger partial charge in [-0.05, 0) is 17.2 Å². The van der Waals surface area contributed by atoms with E-state index in [1.165, 1.54) is 12.1 Å². The van der Waals surface area contributed by atoms with Gasteiger partial charge in [-0.15, -0.1) is 0 Å². The third kappa shape index (κ3) is 3.06. The fourth-order valence-corrected chi connectivity index (χ4v) is 1.82. The number of carboxylic acids is 2. The molecule has 2 rings (SSSR count). The fourth-order valence-electron chi connectivity index (χ4n) is 1.82. The second-order valence-corrected chi connectivity index (χ2v) is 3.70. The molecule has 0 atom stereocenters. The number of aromatic carboxylic acids is 2. The maximum absolute atomic E-state index is 11.3. The van der Waals surface area contributed by atoms with Crippen molar-refractivity contribution in [2.45, 2.75) is 0 Å². The predicted molar refractivity (Wildman–Crippen MR) is 65.8 cm³/mol. The molecule has 2 N–H and O–H groups in total. The molecule has 0 saturated carbocycles. The van der Waals surface area contributed by atoms with E-state index < -0.39 is 11.9 Å². The molecule has 0 bridgehead atoms. The van der Waals surface area contributed by atoms with Crippen LogP contribution in [0.25, 0.3) is 11.1 Å². The minimum absolute atomic E-state index is 0. The molecule has 2 aromatic carbocycles. The van der Waals surface area contributed by atoms with E-state index in [0.29, 0.717) is 11.1 Å². The molecule has 19 heavy (non-hydrogen) atoms. The Hall–Kier alpha value is -2.00. The third-order valence-electron chi connectivity index (χ3n) is 2.59. The Balaban J connectivity index is 0.00000180. The maximum Gasteiger partial charge on any atom is 0.337 e. The molecule has 0 heterocycles. The number of hydrogen-bond acceptors (Lipinski definition) is 2. The van der Waals surface area contributed by atoms with Crippen LogP contribution in [0.2, 0.25) is 0 Å². The zero-order valence-corrected chi connectivity index (χ0v) is 13.0. The van der Waals surface area contributed by atoms with Crippen LogP contribution in [-0.4, -0.2) is 22.2 Å². The predicted octanol–water partition coefficient (Wildman–Crippen LogP) is 2.75. The minimum Gasteiger partial charge on any atom is -0.478 e. The van der Waals surface area contributed by atoms with Crippen LogP contribution in [0.5, 0.6) is 0 Å². The Kier molecular flexibility index (Phi) is 4.96. The van der Waals surface area contributed by atoms with E-state index in [-0.39, 0.29) is 30.6 Å². The normalized spacial score (nSPS) is 9.47. The second-order valence-electron chi connectivity index (χ2n) is 3.70. The van der Waals surface area contributed by atoms with Crippen LogP contribution in [0.4, 0.5) is 0 Å². The molecule has 2 aromatic rings. The van der Waals surface area contributed by atoms with E-state index in [1.54, 1.807) is 30.3 Å². The van der Waals surface area contributed by atoms with Crippen molar-refractivity contribution in [1.82, 2.24) is 0 Å². The molecule has 0 radical (unpaired) electrons. The first-order valence-corrected chi connectivity index (χ1v) is 5.26. The summed E-state index contributed by atoms with van der Waals surface area (Å²) in [7, 11) is 0. The van der Waals surface area contributed by atoms with Crippen LogP contribution < -0.4 is 0 Å². The number of hydrogen-bond donors (Lipinski definition) is 2. The summed E-state index contributed by atoms with van der Waals surface area (Å²) >= 11 is 0. The van der Waals surface area contributed by atoms with Crippen molar-refractivity contribution in [3.05, 3.63) is 59.7 Å². The topological polar surface area (TPSA) is 74.6 Å². The van der Waals surface area contributed by atoms with Crippen molar-refractivity contribution < 1.29 is 39.3 Å². The molecule has 0 aromatic heterocycles. The van der Waals surface area contributed by atoms with Crippen LogP contribution in [-0.2, 0) is 19.5 Å². The molecule has 0 aliphatic carbocycles. The minimum atomic E-state index is -1.25. The fraction of sp³-hybridized carbons (Fsp3) is 0. The van der Waals surface area contributed by atoms with Gasteiger partial charge in [-0.2, -0.15) is 0 Å². The number of rotatable bonds is 3. The standard InChI is InChI=1S/C14H10O4.Zn/c15-13(16)11-8-4-7-10(12(11)14(17)18)9-5-2-1-3-6-9;/h1-8H,(H,15,16)(H,17,18);. The smallest absolute Gasteiger partial charge is 0.337 e. The third-order valence-corrected chi connectivity index (χ3v) is 2.59. The van der Waals surface area contributed by atoms with Gasteiger partial charge < -0.3 is 10.2 Å². The summed E-state index contributed by atoms with van der Waals surface area (Å²) in [6, 6.07) is 13.3. The molecule has 0 aliphatic heterocycles. The molecule has 4 nitrogen and oxygen atoms in total. The first-order valence-electron chi connectivity index (χ1n) is 5.26. The summed E-state index contributed by atoms with van der Waals surface area (Å²) in [5.74, 6) is -2.49. The number of benzene rings is 2. The average molecular weight is 308 g/mol. The van der Waals surface area contributed by atoms with E-state index in [4.69, 9.17) is 5.11 Å². The SMILES string of the molecule is O=C(O)c1cccc(-c2ccccc2)c1C(=O)O.[Zn]. The van der Waals surface area contributed by atoms with Crippen molar-refractivity contribution >= 4 is 11.9 Å². The summed E-state index contributed by atoms with van der Waals surface area (Å²) in [6.07, 6.45) is 0. The summed E-state index contributed by atoms with van der Waals surface area (Å²) in [5, 5.41) is 18.2. The van der Waals surface area contributed by atoms with Crippen molar-refractivity contribution in [3.8, 4) is 11.1 Å². The monoisotopic (exact) mass is 306 g/mol. The van der Waals surface area contributed by atoms with Crippen molar-refractivity contribution in [2.24, 2.45) is 0 Å². The second kappa shape index (κ2) is 6.25. The molecule has 0 amide bonds. The van der Waals surface area contributed by atoms with Gasteiger partial charge >= 0.3 is 11.9 Å².